The molecule has 1 saturated heterocycles. The maximum Gasteiger partial charge on any atom is 0.234 e. The van der Waals surface area contributed by atoms with Crippen LogP contribution in [-0.2, 0) is 4.79 Å². The molecule has 1 fully saturated rings. The molecule has 3 unspecified atom stereocenters. The van der Waals surface area contributed by atoms with E-state index < -0.39 is 0 Å². The second-order valence-corrected chi connectivity index (χ2v) is 5.42. The Hall–Kier alpha value is -0.610. The number of carbonyl (C=O) groups excluding carboxylic acids is 1. The third kappa shape index (κ3) is 5.04. The highest BCUT2D eigenvalue weighted by Crippen LogP contribution is 2.14. The second kappa shape index (κ2) is 6.97. The van der Waals surface area contributed by atoms with E-state index in [0.29, 0.717) is 12.5 Å². The van der Waals surface area contributed by atoms with Gasteiger partial charge in [-0.3, -0.25) is 9.69 Å². The van der Waals surface area contributed by atoms with Gasteiger partial charge >= 0.3 is 0 Å². The maximum absolute atomic E-state index is 11.8. The first-order chi connectivity index (χ1) is 8.02. The molecular weight excluding hydrogens is 214 g/mol. The van der Waals surface area contributed by atoms with Crippen molar-refractivity contribution in [2.45, 2.75) is 52.1 Å². The Morgan fingerprint density at radius 3 is 2.88 bits per heavy atom. The van der Waals surface area contributed by atoms with Crippen molar-refractivity contribution in [2.24, 2.45) is 11.7 Å². The minimum atomic E-state index is 0.132. The monoisotopic (exact) mass is 241 g/mol. The molecule has 3 N–H and O–H groups in total. The number of nitrogens with one attached hydrogen (secondary N) is 1. The molecule has 1 rings (SSSR count). The number of hydrogen-bond acceptors (Lipinski definition) is 3. The molecule has 0 bridgehead atoms. The number of likely N-dealkylation sites (tertiary alicyclic amines) is 1. The molecule has 3 atom stereocenters. The zero-order valence-electron chi connectivity index (χ0n) is 11.4. The van der Waals surface area contributed by atoms with Crippen molar-refractivity contribution in [2.75, 3.05) is 19.6 Å². The lowest BCUT2D eigenvalue weighted by atomic mass is 9.94. The van der Waals surface area contributed by atoms with E-state index in [2.05, 4.69) is 31.0 Å². The molecule has 0 aliphatic carbocycles. The van der Waals surface area contributed by atoms with Crippen molar-refractivity contribution in [3.8, 4) is 0 Å². The van der Waals surface area contributed by atoms with E-state index in [0.717, 1.165) is 32.4 Å². The van der Waals surface area contributed by atoms with Crippen LogP contribution in [0.1, 0.15) is 40.0 Å². The minimum Gasteiger partial charge on any atom is -0.353 e. The van der Waals surface area contributed by atoms with Gasteiger partial charge in [0, 0.05) is 18.6 Å². The molecule has 4 heteroatoms. The molecule has 0 saturated carbocycles. The number of nitrogens with two attached hydrogens (primary N) is 1. The van der Waals surface area contributed by atoms with Crippen molar-refractivity contribution in [1.29, 1.82) is 0 Å². The fraction of sp³-hybridized carbons (Fsp3) is 0.923. The predicted octanol–water partition coefficient (Wildman–Crippen LogP) is 0.960. The molecule has 17 heavy (non-hydrogen) atoms. The highest BCUT2D eigenvalue weighted by molar-refractivity contribution is 5.78. The summed E-state index contributed by atoms with van der Waals surface area (Å²) in [5.74, 6) is 0.709. The molecule has 0 aromatic heterocycles. The fourth-order valence-corrected chi connectivity index (χ4v) is 2.34. The SMILES string of the molecule is CCCC(C)NC(=O)CN1CCC(C)C(N)C1. The first-order valence-electron chi connectivity index (χ1n) is 6.80. The van der Waals surface area contributed by atoms with E-state index in [1.807, 2.05) is 0 Å². The molecule has 1 heterocycles. The van der Waals surface area contributed by atoms with Crippen LogP contribution in [0, 0.1) is 5.92 Å². The Kier molecular flexibility index (Phi) is 5.92. The van der Waals surface area contributed by atoms with E-state index in [1.165, 1.54) is 0 Å². The van der Waals surface area contributed by atoms with Gasteiger partial charge in [0.2, 0.25) is 5.91 Å². The van der Waals surface area contributed by atoms with Crippen LogP contribution in [0.5, 0.6) is 0 Å². The highest BCUT2D eigenvalue weighted by atomic mass is 16.2. The topological polar surface area (TPSA) is 58.4 Å². The molecule has 1 aliphatic rings. The van der Waals surface area contributed by atoms with Crippen LogP contribution in [-0.4, -0.2) is 42.5 Å². The summed E-state index contributed by atoms with van der Waals surface area (Å²) in [5, 5.41) is 3.03. The number of nitrogens with zero attached hydrogens (tertiary/aromatic N) is 1. The lowest BCUT2D eigenvalue weighted by Gasteiger charge is -2.34. The van der Waals surface area contributed by atoms with E-state index in [4.69, 9.17) is 5.73 Å². The molecular formula is C13H27N3O. The molecule has 0 aromatic carbocycles. The molecule has 100 valence electrons. The second-order valence-electron chi connectivity index (χ2n) is 5.42. The normalized spacial score (nSPS) is 27.8. The van der Waals surface area contributed by atoms with Crippen LogP contribution in [0.3, 0.4) is 0 Å². The van der Waals surface area contributed by atoms with Crippen LogP contribution >= 0.6 is 0 Å². The average Bonchev–Trinajstić information content (AvgIpc) is 2.23. The summed E-state index contributed by atoms with van der Waals surface area (Å²) < 4.78 is 0. The van der Waals surface area contributed by atoms with Gasteiger partial charge in [-0.2, -0.15) is 0 Å². The van der Waals surface area contributed by atoms with Gasteiger partial charge in [0.1, 0.15) is 0 Å². The summed E-state index contributed by atoms with van der Waals surface area (Å²) in [6.45, 7) is 8.71. The third-order valence-corrected chi connectivity index (χ3v) is 3.60. The van der Waals surface area contributed by atoms with Gasteiger partial charge in [0.05, 0.1) is 6.54 Å². The van der Waals surface area contributed by atoms with Crippen LogP contribution in [0.4, 0.5) is 0 Å². The summed E-state index contributed by atoms with van der Waals surface area (Å²) in [6.07, 6.45) is 3.24. The zero-order chi connectivity index (χ0) is 12.8. The first-order valence-corrected chi connectivity index (χ1v) is 6.80. The predicted molar refractivity (Wildman–Crippen MR) is 70.7 cm³/mol. The van der Waals surface area contributed by atoms with E-state index >= 15 is 0 Å². The number of carbonyl (C=O) groups is 1. The average molecular weight is 241 g/mol. The van der Waals surface area contributed by atoms with Crippen LogP contribution in [0.25, 0.3) is 0 Å². The first kappa shape index (κ1) is 14.5. The minimum absolute atomic E-state index is 0.132. The third-order valence-electron chi connectivity index (χ3n) is 3.60. The quantitative estimate of drug-likeness (QED) is 0.754. The van der Waals surface area contributed by atoms with Crippen LogP contribution < -0.4 is 11.1 Å². The molecule has 0 radical (unpaired) electrons. The lowest BCUT2D eigenvalue weighted by Crippen LogP contribution is -2.51. The summed E-state index contributed by atoms with van der Waals surface area (Å²) in [7, 11) is 0. The smallest absolute Gasteiger partial charge is 0.234 e. The van der Waals surface area contributed by atoms with Gasteiger partial charge in [0.15, 0.2) is 0 Å². The van der Waals surface area contributed by atoms with Crippen molar-refractivity contribution in [3.63, 3.8) is 0 Å². The number of hydrogen-bond donors (Lipinski definition) is 2. The van der Waals surface area contributed by atoms with Gasteiger partial charge in [-0.05, 0) is 32.2 Å². The Morgan fingerprint density at radius 1 is 1.59 bits per heavy atom. The summed E-state index contributed by atoms with van der Waals surface area (Å²) >= 11 is 0. The van der Waals surface area contributed by atoms with Crippen molar-refractivity contribution in [1.82, 2.24) is 10.2 Å². The largest absolute Gasteiger partial charge is 0.353 e. The summed E-state index contributed by atoms with van der Waals surface area (Å²) in [5.41, 5.74) is 6.02. The van der Waals surface area contributed by atoms with Gasteiger partial charge in [-0.15, -0.1) is 0 Å². The van der Waals surface area contributed by atoms with E-state index in [-0.39, 0.29) is 18.0 Å². The van der Waals surface area contributed by atoms with Crippen molar-refractivity contribution in [3.05, 3.63) is 0 Å². The fourth-order valence-electron chi connectivity index (χ4n) is 2.34. The Labute approximate surface area is 105 Å². The van der Waals surface area contributed by atoms with Crippen LogP contribution in [0.2, 0.25) is 0 Å². The Bertz CT molecular complexity index is 245. The molecule has 0 spiro atoms. The van der Waals surface area contributed by atoms with Gasteiger partial charge in [-0.25, -0.2) is 0 Å². The highest BCUT2D eigenvalue weighted by Gasteiger charge is 2.24. The van der Waals surface area contributed by atoms with E-state index in [9.17, 15) is 4.79 Å². The number of piperidine rings is 1. The Balaban J connectivity index is 2.27. The van der Waals surface area contributed by atoms with Crippen LogP contribution in [0.15, 0.2) is 0 Å². The standard InChI is InChI=1S/C13H27N3O/c1-4-5-11(3)15-13(17)9-16-7-6-10(2)12(14)8-16/h10-12H,4-9,14H2,1-3H3,(H,15,17). The Morgan fingerprint density at radius 2 is 2.29 bits per heavy atom. The van der Waals surface area contributed by atoms with Crippen molar-refractivity contribution >= 4 is 5.91 Å². The lowest BCUT2D eigenvalue weighted by molar-refractivity contribution is -0.123. The summed E-state index contributed by atoms with van der Waals surface area (Å²) in [6, 6.07) is 0.495. The number of rotatable bonds is 5. The molecule has 0 aromatic rings. The zero-order valence-corrected chi connectivity index (χ0v) is 11.4. The molecule has 1 amide bonds. The number of amides is 1. The van der Waals surface area contributed by atoms with Gasteiger partial charge < -0.3 is 11.1 Å². The van der Waals surface area contributed by atoms with Gasteiger partial charge in [0.25, 0.3) is 0 Å². The maximum atomic E-state index is 11.8. The van der Waals surface area contributed by atoms with E-state index in [1.54, 1.807) is 0 Å². The summed E-state index contributed by atoms with van der Waals surface area (Å²) in [4.78, 5) is 14.0. The molecule has 4 nitrogen and oxygen atoms in total. The molecule has 1 aliphatic heterocycles. The van der Waals surface area contributed by atoms with Gasteiger partial charge in [-0.1, -0.05) is 20.3 Å². The van der Waals surface area contributed by atoms with Crippen molar-refractivity contribution < 1.29 is 4.79 Å².